The van der Waals surface area contributed by atoms with Gasteiger partial charge in [0.15, 0.2) is 0 Å². The quantitative estimate of drug-likeness (QED) is 0.159. The van der Waals surface area contributed by atoms with Crippen molar-refractivity contribution in [1.29, 1.82) is 0 Å². The van der Waals surface area contributed by atoms with Gasteiger partial charge in [0.05, 0.1) is 22.5 Å². The van der Waals surface area contributed by atoms with Crippen LogP contribution in [0.25, 0.3) is 28.5 Å². The Hall–Kier alpha value is -4.70. The van der Waals surface area contributed by atoms with Crippen LogP contribution in [0.2, 0.25) is 0 Å². The zero-order valence-corrected chi connectivity index (χ0v) is 18.5. The first kappa shape index (κ1) is 21.2. The molecule has 34 heavy (non-hydrogen) atoms. The van der Waals surface area contributed by atoms with Crippen molar-refractivity contribution < 1.29 is 4.92 Å². The van der Waals surface area contributed by atoms with Crippen LogP contribution < -0.4 is 0 Å². The van der Waals surface area contributed by atoms with E-state index in [0.717, 1.165) is 22.5 Å². The Bertz CT molecular complexity index is 1540. The maximum absolute atomic E-state index is 10.9. The third-order valence-corrected chi connectivity index (χ3v) is 5.36. The molecule has 0 bridgehead atoms. The minimum atomic E-state index is -0.446. The van der Waals surface area contributed by atoms with Crippen molar-refractivity contribution in [2.45, 2.75) is 0 Å². The van der Waals surface area contributed by atoms with Gasteiger partial charge in [-0.1, -0.05) is 60.7 Å². The molecular weight excluding hydrogens is 450 g/mol. The van der Waals surface area contributed by atoms with E-state index in [0.29, 0.717) is 11.5 Å². The smallest absolute Gasteiger partial charge is 0.258 e. The maximum Gasteiger partial charge on any atom is 0.272 e. The second-order valence-corrected chi connectivity index (χ2v) is 7.68. The van der Waals surface area contributed by atoms with Gasteiger partial charge < -0.3 is 0 Å². The Morgan fingerprint density at radius 3 is 2.24 bits per heavy atom. The Kier molecular flexibility index (Phi) is 5.63. The molecule has 0 radical (unpaired) electrons. The predicted molar refractivity (Wildman–Crippen MR) is 131 cm³/mol. The van der Waals surface area contributed by atoms with E-state index >= 15 is 0 Å². The molecule has 5 rings (SSSR count). The molecule has 0 amide bonds. The minimum absolute atomic E-state index is 0.00949. The molecular formula is C24H17N7O2S. The van der Waals surface area contributed by atoms with Crippen molar-refractivity contribution in [1.82, 2.24) is 24.7 Å². The lowest BCUT2D eigenvalue weighted by Gasteiger charge is -2.06. The second-order valence-electron chi connectivity index (χ2n) is 7.29. The highest BCUT2D eigenvalue weighted by molar-refractivity contribution is 7.71. The number of nitrogens with one attached hydrogen (secondary N) is 1. The van der Waals surface area contributed by atoms with Crippen molar-refractivity contribution >= 4 is 24.1 Å². The highest BCUT2D eigenvalue weighted by Gasteiger charge is 2.17. The topological polar surface area (TPSA) is 107 Å². The van der Waals surface area contributed by atoms with Gasteiger partial charge >= 0.3 is 0 Å². The first-order chi connectivity index (χ1) is 16.6. The normalized spacial score (nSPS) is 11.2. The van der Waals surface area contributed by atoms with E-state index in [4.69, 9.17) is 17.3 Å². The molecule has 0 aliphatic rings. The molecule has 0 unspecified atom stereocenters. The molecule has 9 nitrogen and oxygen atoms in total. The van der Waals surface area contributed by atoms with E-state index in [-0.39, 0.29) is 10.5 Å². The van der Waals surface area contributed by atoms with Crippen molar-refractivity contribution in [3.05, 3.63) is 111 Å². The molecule has 166 valence electrons. The SMILES string of the molecule is O=[N+]([O-])c1ccc(C=Nn2c(-n3nc(-c4ccccc4)cc3-c3ccccc3)n[nH]c2=S)cc1. The van der Waals surface area contributed by atoms with Crippen molar-refractivity contribution in [3.8, 4) is 28.5 Å². The van der Waals surface area contributed by atoms with Crippen LogP contribution in [-0.4, -0.2) is 35.8 Å². The van der Waals surface area contributed by atoms with Gasteiger partial charge in [0, 0.05) is 23.3 Å². The summed E-state index contributed by atoms with van der Waals surface area (Å²) in [5.74, 6) is 0.379. The first-order valence-corrected chi connectivity index (χ1v) is 10.7. The lowest BCUT2D eigenvalue weighted by molar-refractivity contribution is -0.384. The van der Waals surface area contributed by atoms with Gasteiger partial charge in [-0.3, -0.25) is 10.1 Å². The number of hydrogen-bond acceptors (Lipinski definition) is 6. The number of benzene rings is 3. The van der Waals surface area contributed by atoms with Gasteiger partial charge in [0.25, 0.3) is 11.6 Å². The molecule has 1 N–H and O–H groups in total. The average molecular weight is 468 g/mol. The summed E-state index contributed by atoms with van der Waals surface area (Å²) in [4.78, 5) is 10.4. The van der Waals surface area contributed by atoms with Crippen LogP contribution in [0.1, 0.15) is 5.56 Å². The summed E-state index contributed by atoms with van der Waals surface area (Å²) >= 11 is 5.40. The molecule has 10 heteroatoms. The molecule has 0 saturated heterocycles. The summed E-state index contributed by atoms with van der Waals surface area (Å²) in [5.41, 5.74) is 4.20. The van der Waals surface area contributed by atoms with Crippen LogP contribution >= 0.6 is 12.2 Å². The molecule has 0 saturated carbocycles. The number of aromatic amines is 1. The van der Waals surface area contributed by atoms with Gasteiger partial charge in [-0.2, -0.15) is 19.6 Å². The number of H-pyrrole nitrogens is 1. The summed E-state index contributed by atoms with van der Waals surface area (Å²) in [6.07, 6.45) is 1.56. The molecule has 2 heterocycles. The molecule has 5 aromatic rings. The largest absolute Gasteiger partial charge is 0.272 e. The molecule has 0 aliphatic heterocycles. The summed E-state index contributed by atoms with van der Waals surface area (Å²) in [7, 11) is 0. The lowest BCUT2D eigenvalue weighted by atomic mass is 10.1. The first-order valence-electron chi connectivity index (χ1n) is 10.3. The van der Waals surface area contributed by atoms with Gasteiger partial charge in [-0.15, -0.1) is 5.10 Å². The second kappa shape index (κ2) is 9.04. The van der Waals surface area contributed by atoms with Gasteiger partial charge in [0.1, 0.15) is 0 Å². The monoisotopic (exact) mass is 467 g/mol. The Morgan fingerprint density at radius 2 is 1.59 bits per heavy atom. The lowest BCUT2D eigenvalue weighted by Crippen LogP contribution is -2.07. The van der Waals surface area contributed by atoms with E-state index in [9.17, 15) is 10.1 Å². The summed E-state index contributed by atoms with van der Waals surface area (Å²) in [5, 5.41) is 27.3. The standard InChI is InChI=1S/C24H17N7O2S/c32-31(33)20-13-11-17(12-14-20)16-25-30-23(26-27-24(30)34)29-22(19-9-5-2-6-10-19)15-21(28-29)18-7-3-1-4-8-18/h1-16H,(H,27,34). The van der Waals surface area contributed by atoms with Gasteiger partial charge in [0.2, 0.25) is 4.77 Å². The molecule has 0 aliphatic carbocycles. The van der Waals surface area contributed by atoms with E-state index in [1.54, 1.807) is 23.0 Å². The van der Waals surface area contributed by atoms with Crippen LogP contribution in [0.4, 0.5) is 5.69 Å². The number of rotatable bonds is 6. The van der Waals surface area contributed by atoms with Crippen LogP contribution in [-0.2, 0) is 0 Å². The fourth-order valence-electron chi connectivity index (χ4n) is 3.43. The molecule has 2 aromatic heterocycles. The molecule has 0 atom stereocenters. The minimum Gasteiger partial charge on any atom is -0.258 e. The van der Waals surface area contributed by atoms with Gasteiger partial charge in [-0.05, 0) is 36.0 Å². The van der Waals surface area contributed by atoms with Crippen molar-refractivity contribution in [3.63, 3.8) is 0 Å². The fourth-order valence-corrected chi connectivity index (χ4v) is 3.60. The number of nitro groups is 1. The number of hydrogen-bond donors (Lipinski definition) is 1. The van der Waals surface area contributed by atoms with Crippen LogP contribution in [0, 0.1) is 14.9 Å². The van der Waals surface area contributed by atoms with Crippen LogP contribution in [0.15, 0.2) is 96.1 Å². The summed E-state index contributed by atoms with van der Waals surface area (Å²) < 4.78 is 3.44. The summed E-state index contributed by atoms with van der Waals surface area (Å²) in [6.45, 7) is 0. The highest BCUT2D eigenvalue weighted by Crippen LogP contribution is 2.28. The predicted octanol–water partition coefficient (Wildman–Crippen LogP) is 5.25. The fraction of sp³-hybridized carbons (Fsp3) is 0. The van der Waals surface area contributed by atoms with Crippen LogP contribution in [0.5, 0.6) is 0 Å². The van der Waals surface area contributed by atoms with E-state index < -0.39 is 4.92 Å². The Balaban J connectivity index is 1.60. The van der Waals surface area contributed by atoms with E-state index in [1.807, 2.05) is 66.7 Å². The zero-order chi connectivity index (χ0) is 23.5. The van der Waals surface area contributed by atoms with Crippen molar-refractivity contribution in [2.75, 3.05) is 0 Å². The third-order valence-electron chi connectivity index (χ3n) is 5.10. The maximum atomic E-state index is 10.9. The Morgan fingerprint density at radius 1 is 0.941 bits per heavy atom. The molecule has 0 fully saturated rings. The molecule has 0 spiro atoms. The molecule has 3 aromatic carbocycles. The third kappa shape index (κ3) is 4.17. The average Bonchev–Trinajstić information content (AvgIpc) is 3.47. The van der Waals surface area contributed by atoms with E-state index in [2.05, 4.69) is 15.3 Å². The zero-order valence-electron chi connectivity index (χ0n) is 17.6. The highest BCUT2D eigenvalue weighted by atomic mass is 32.1. The number of nitrogens with zero attached hydrogens (tertiary/aromatic N) is 6. The number of non-ortho nitro benzene ring substituents is 1. The summed E-state index contributed by atoms with van der Waals surface area (Å²) in [6, 6.07) is 27.8. The van der Waals surface area contributed by atoms with Gasteiger partial charge in [-0.25, -0.2) is 5.10 Å². The number of nitro benzene ring substituents is 1. The van der Waals surface area contributed by atoms with E-state index in [1.165, 1.54) is 16.8 Å². The van der Waals surface area contributed by atoms with Crippen molar-refractivity contribution in [2.24, 2.45) is 5.10 Å². The number of aromatic nitrogens is 5. The van der Waals surface area contributed by atoms with Crippen LogP contribution in [0.3, 0.4) is 0 Å². The Labute approximate surface area is 198 Å².